The third kappa shape index (κ3) is 2.27. The van der Waals surface area contributed by atoms with Gasteiger partial charge in [-0.1, -0.05) is 5.16 Å². The van der Waals surface area contributed by atoms with Crippen LogP contribution in [0.1, 0.15) is 45.1 Å². The van der Waals surface area contributed by atoms with E-state index in [-0.39, 0.29) is 18.9 Å². The molecule has 9 heteroatoms. The molecule has 1 aliphatic heterocycles. The van der Waals surface area contributed by atoms with Crippen LogP contribution >= 0.6 is 0 Å². The number of carbonyl (C=O) groups excluding carboxylic acids is 1. The number of carboxylic acids is 1. The van der Waals surface area contributed by atoms with Gasteiger partial charge in [0.15, 0.2) is 0 Å². The minimum atomic E-state index is -1.04. The molecule has 9 nitrogen and oxygen atoms in total. The summed E-state index contributed by atoms with van der Waals surface area (Å²) in [5.74, 6) is -1.36. The Morgan fingerprint density at radius 1 is 1.33 bits per heavy atom. The molecule has 0 radical (unpaired) electrons. The maximum absolute atomic E-state index is 13.6. The molecule has 2 aliphatic rings. The number of pyridine rings is 1. The fraction of sp³-hybridized carbons (Fsp3) is 0.389. The van der Waals surface area contributed by atoms with E-state index in [9.17, 15) is 14.7 Å². The highest BCUT2D eigenvalue weighted by atomic mass is 16.5. The van der Waals surface area contributed by atoms with Crippen LogP contribution in [0.4, 0.5) is 0 Å². The van der Waals surface area contributed by atoms with Crippen molar-refractivity contribution in [2.45, 2.75) is 45.2 Å². The molecule has 27 heavy (non-hydrogen) atoms. The highest BCUT2D eigenvalue weighted by molar-refractivity contribution is 6.08. The fourth-order valence-electron chi connectivity index (χ4n) is 4.17. The molecule has 0 unspecified atom stereocenters. The summed E-state index contributed by atoms with van der Waals surface area (Å²) in [6.45, 7) is 1.94. The summed E-state index contributed by atoms with van der Waals surface area (Å²) in [6.07, 6.45) is 4.14. The number of carbonyl (C=O) groups is 2. The Bertz CT molecular complexity index is 1100. The number of aliphatic carboxylic acids is 1. The number of amides is 1. The normalized spacial score (nSPS) is 18.6. The Balaban J connectivity index is 1.68. The summed E-state index contributed by atoms with van der Waals surface area (Å²) in [5.41, 5.74) is 4.60. The topological polar surface area (TPSA) is 125 Å². The number of imidazole rings is 1. The van der Waals surface area contributed by atoms with Crippen LogP contribution in [-0.2, 0) is 30.6 Å². The zero-order valence-electron chi connectivity index (χ0n) is 14.7. The number of fused-ring (bicyclic) bond motifs is 3. The molecular weight excluding hydrogens is 350 g/mol. The predicted octanol–water partition coefficient (Wildman–Crippen LogP) is 1.39. The SMILES string of the molecule is Cc1noc2nc3c(c(C(=O)N4Cc5[nH]cnc5C[C@@H]4C(=O)O)c12)CCC3. The van der Waals surface area contributed by atoms with Crippen LogP contribution in [-0.4, -0.2) is 48.0 Å². The van der Waals surface area contributed by atoms with Crippen LogP contribution in [0, 0.1) is 6.92 Å². The first kappa shape index (κ1) is 16.0. The van der Waals surface area contributed by atoms with E-state index in [4.69, 9.17) is 4.52 Å². The average molecular weight is 367 g/mol. The maximum atomic E-state index is 13.6. The Labute approximate surface area is 153 Å². The van der Waals surface area contributed by atoms with E-state index in [1.807, 2.05) is 0 Å². The minimum Gasteiger partial charge on any atom is -0.480 e. The molecule has 0 bridgehead atoms. The van der Waals surface area contributed by atoms with E-state index in [1.54, 1.807) is 6.92 Å². The van der Waals surface area contributed by atoms with E-state index in [1.165, 1.54) is 11.2 Å². The van der Waals surface area contributed by atoms with Gasteiger partial charge in [-0.2, -0.15) is 0 Å². The number of aromatic amines is 1. The van der Waals surface area contributed by atoms with E-state index >= 15 is 0 Å². The molecule has 138 valence electrons. The molecule has 0 aromatic carbocycles. The van der Waals surface area contributed by atoms with Crippen LogP contribution in [0.5, 0.6) is 0 Å². The fourth-order valence-corrected chi connectivity index (χ4v) is 4.17. The van der Waals surface area contributed by atoms with E-state index in [0.29, 0.717) is 28.1 Å². The summed E-state index contributed by atoms with van der Waals surface area (Å²) >= 11 is 0. The monoisotopic (exact) mass is 367 g/mol. The second kappa shape index (κ2) is 5.63. The molecule has 1 atom stereocenters. The lowest BCUT2D eigenvalue weighted by molar-refractivity contribution is -0.142. The van der Waals surface area contributed by atoms with Crippen molar-refractivity contribution >= 4 is 23.0 Å². The molecule has 1 aliphatic carbocycles. The number of nitrogens with zero attached hydrogens (tertiary/aromatic N) is 4. The van der Waals surface area contributed by atoms with Crippen molar-refractivity contribution in [2.24, 2.45) is 0 Å². The van der Waals surface area contributed by atoms with E-state index < -0.39 is 12.0 Å². The van der Waals surface area contributed by atoms with Gasteiger partial charge in [0.1, 0.15) is 6.04 Å². The zero-order chi connectivity index (χ0) is 18.7. The van der Waals surface area contributed by atoms with Crippen molar-refractivity contribution < 1.29 is 19.2 Å². The number of rotatable bonds is 2. The number of aryl methyl sites for hydroxylation is 2. The van der Waals surface area contributed by atoms with Crippen molar-refractivity contribution in [1.82, 2.24) is 25.0 Å². The maximum Gasteiger partial charge on any atom is 0.326 e. The first-order chi connectivity index (χ1) is 13.0. The van der Waals surface area contributed by atoms with Gasteiger partial charge >= 0.3 is 5.97 Å². The summed E-state index contributed by atoms with van der Waals surface area (Å²) in [7, 11) is 0. The molecule has 0 saturated heterocycles. The van der Waals surface area contributed by atoms with Crippen molar-refractivity contribution in [3.05, 3.63) is 40.2 Å². The molecule has 3 aromatic heterocycles. The lowest BCUT2D eigenvalue weighted by Gasteiger charge is -2.33. The molecular formula is C18H17N5O4. The number of hydrogen-bond acceptors (Lipinski definition) is 6. The predicted molar refractivity (Wildman–Crippen MR) is 92.2 cm³/mol. The van der Waals surface area contributed by atoms with Crippen LogP contribution < -0.4 is 0 Å². The standard InChI is InChI=1S/C18H17N5O4/c1-8-14-15(9-3-2-4-10(9)21-16(14)27-22-8)17(24)23-6-12-11(19-7-20-12)5-13(23)18(25)26/h7,13H,2-6H2,1H3,(H,19,20)(H,25,26)/t13-/m1/s1. The lowest BCUT2D eigenvalue weighted by Crippen LogP contribution is -2.49. The summed E-state index contributed by atoms with van der Waals surface area (Å²) < 4.78 is 5.31. The van der Waals surface area contributed by atoms with Gasteiger partial charge in [-0.3, -0.25) is 4.79 Å². The Morgan fingerprint density at radius 3 is 3.00 bits per heavy atom. The average Bonchev–Trinajstić information content (AvgIpc) is 3.37. The number of aromatic nitrogens is 4. The Morgan fingerprint density at radius 2 is 2.19 bits per heavy atom. The van der Waals surface area contributed by atoms with E-state index in [2.05, 4.69) is 20.1 Å². The largest absolute Gasteiger partial charge is 0.480 e. The van der Waals surface area contributed by atoms with Gasteiger partial charge in [0, 0.05) is 12.1 Å². The van der Waals surface area contributed by atoms with Crippen molar-refractivity contribution in [2.75, 3.05) is 0 Å². The molecule has 0 saturated carbocycles. The van der Waals surface area contributed by atoms with E-state index in [0.717, 1.165) is 36.2 Å². The van der Waals surface area contributed by atoms with Crippen LogP contribution in [0.3, 0.4) is 0 Å². The van der Waals surface area contributed by atoms with Gasteiger partial charge in [-0.25, -0.2) is 14.8 Å². The first-order valence-electron chi connectivity index (χ1n) is 8.87. The molecule has 4 heterocycles. The second-order valence-electron chi connectivity index (χ2n) is 7.03. The van der Waals surface area contributed by atoms with Gasteiger partial charge in [-0.15, -0.1) is 0 Å². The van der Waals surface area contributed by atoms with Crippen LogP contribution in [0.25, 0.3) is 11.1 Å². The summed E-state index contributed by atoms with van der Waals surface area (Å²) in [4.78, 5) is 38.6. The minimum absolute atomic E-state index is 0.175. The van der Waals surface area contributed by atoms with Crippen molar-refractivity contribution in [1.29, 1.82) is 0 Å². The smallest absolute Gasteiger partial charge is 0.326 e. The number of hydrogen-bond donors (Lipinski definition) is 2. The van der Waals surface area contributed by atoms with Gasteiger partial charge in [-0.05, 0) is 31.7 Å². The third-order valence-electron chi connectivity index (χ3n) is 5.48. The molecule has 0 spiro atoms. The van der Waals surface area contributed by atoms with Crippen molar-refractivity contribution in [3.63, 3.8) is 0 Å². The van der Waals surface area contributed by atoms with Gasteiger partial charge in [0.2, 0.25) is 0 Å². The van der Waals surface area contributed by atoms with Gasteiger partial charge in [0.05, 0.1) is 40.9 Å². The summed E-state index contributed by atoms with van der Waals surface area (Å²) in [5, 5.41) is 14.3. The zero-order valence-corrected chi connectivity index (χ0v) is 14.7. The Kier molecular flexibility index (Phi) is 3.33. The third-order valence-corrected chi connectivity index (χ3v) is 5.48. The Hall–Kier alpha value is -3.23. The number of carboxylic acid groups (broad SMARTS) is 1. The molecule has 0 fully saturated rings. The molecule has 5 rings (SSSR count). The molecule has 1 amide bonds. The highest BCUT2D eigenvalue weighted by Gasteiger charge is 2.39. The number of H-pyrrole nitrogens is 1. The quantitative estimate of drug-likeness (QED) is 0.701. The van der Waals surface area contributed by atoms with Crippen molar-refractivity contribution in [3.8, 4) is 0 Å². The second-order valence-corrected chi connectivity index (χ2v) is 7.03. The summed E-state index contributed by atoms with van der Waals surface area (Å²) in [6, 6.07) is -0.964. The lowest BCUT2D eigenvalue weighted by atomic mass is 9.97. The van der Waals surface area contributed by atoms with Gasteiger partial charge < -0.3 is 19.5 Å². The number of nitrogens with one attached hydrogen (secondary N) is 1. The first-order valence-corrected chi connectivity index (χ1v) is 8.87. The molecule has 2 N–H and O–H groups in total. The van der Waals surface area contributed by atoms with Gasteiger partial charge in [0.25, 0.3) is 11.6 Å². The molecule has 3 aromatic rings. The van der Waals surface area contributed by atoms with Crippen LogP contribution in [0.15, 0.2) is 10.9 Å². The van der Waals surface area contributed by atoms with Crippen LogP contribution in [0.2, 0.25) is 0 Å². The highest BCUT2D eigenvalue weighted by Crippen LogP contribution is 2.34.